The number of sulfonamides is 1. The van der Waals surface area contributed by atoms with Gasteiger partial charge in [0.25, 0.3) is 5.91 Å². The van der Waals surface area contributed by atoms with Crippen molar-refractivity contribution >= 4 is 15.9 Å². The smallest absolute Gasteiger partial charge is 0.275 e. The first kappa shape index (κ1) is 30.2. The van der Waals surface area contributed by atoms with Crippen molar-refractivity contribution in [2.24, 2.45) is 0 Å². The Bertz CT molecular complexity index is 1520. The first-order valence-corrected chi connectivity index (χ1v) is 15.7. The largest absolute Gasteiger partial charge is 0.497 e. The molecule has 0 radical (unpaired) electrons. The monoisotopic (exact) mass is 596 g/mol. The highest BCUT2D eigenvalue weighted by molar-refractivity contribution is 7.89. The molecule has 10 nitrogen and oxygen atoms in total. The second-order valence-electron chi connectivity index (χ2n) is 11.9. The molecule has 0 spiro atoms. The van der Waals surface area contributed by atoms with Gasteiger partial charge < -0.3 is 19.2 Å². The van der Waals surface area contributed by atoms with Crippen LogP contribution in [0.1, 0.15) is 64.8 Å². The SMILES string of the molecule is COc1cc(C)c(S(=O)(=O)N(Cc2nc(C(=O)N(C)Cc3ccc(CN4CCC(C)(O)C4)cc3)co2)C2CC2)c(C)c1. The van der Waals surface area contributed by atoms with Crippen LogP contribution in [0.3, 0.4) is 0 Å². The summed E-state index contributed by atoms with van der Waals surface area (Å²) in [6.45, 7) is 8.04. The fourth-order valence-electron chi connectivity index (χ4n) is 5.66. The summed E-state index contributed by atoms with van der Waals surface area (Å²) in [7, 11) is -0.586. The topological polar surface area (TPSA) is 116 Å². The maximum absolute atomic E-state index is 13.8. The molecule has 2 fully saturated rings. The fraction of sp³-hybridized carbons (Fsp3) is 0.484. The number of hydrogen-bond acceptors (Lipinski definition) is 8. The second-order valence-corrected chi connectivity index (χ2v) is 13.8. The molecule has 226 valence electrons. The van der Waals surface area contributed by atoms with Crippen LogP contribution in [0, 0.1) is 13.8 Å². The van der Waals surface area contributed by atoms with Gasteiger partial charge in [-0.2, -0.15) is 4.31 Å². The lowest BCUT2D eigenvalue weighted by Crippen LogP contribution is -2.34. The zero-order valence-corrected chi connectivity index (χ0v) is 25.8. The molecule has 42 heavy (non-hydrogen) atoms. The van der Waals surface area contributed by atoms with Gasteiger partial charge in [0.15, 0.2) is 5.69 Å². The summed E-state index contributed by atoms with van der Waals surface area (Å²) in [6, 6.07) is 11.4. The summed E-state index contributed by atoms with van der Waals surface area (Å²) in [5.41, 5.74) is 2.86. The Hall–Kier alpha value is -3.25. The van der Waals surface area contributed by atoms with E-state index in [1.807, 2.05) is 31.2 Å². The van der Waals surface area contributed by atoms with Crippen LogP contribution in [-0.2, 0) is 29.7 Å². The molecule has 1 unspecified atom stereocenters. The average molecular weight is 597 g/mol. The van der Waals surface area contributed by atoms with Crippen molar-refractivity contribution in [3.8, 4) is 5.75 Å². The fourth-order valence-corrected chi connectivity index (χ4v) is 7.71. The summed E-state index contributed by atoms with van der Waals surface area (Å²) < 4.78 is 39.9. The summed E-state index contributed by atoms with van der Waals surface area (Å²) in [4.78, 5) is 21.6. The standard InChI is InChI=1S/C31H40N4O6S/c1-21-14-26(40-5)15-22(2)29(21)42(38,39)35(25-10-11-25)18-28-32-27(19-41-28)30(36)33(4)16-23-6-8-24(9-7-23)17-34-13-12-31(3,37)20-34/h6-9,14-15,19,25,37H,10-13,16-18,20H2,1-5H3. The molecule has 11 heteroatoms. The second kappa shape index (κ2) is 11.8. The number of methoxy groups -OCH3 is 1. The van der Waals surface area contributed by atoms with Crippen molar-refractivity contribution in [1.82, 2.24) is 19.1 Å². The Kier molecular flexibility index (Phi) is 8.48. The van der Waals surface area contributed by atoms with Gasteiger partial charge in [0.05, 0.1) is 24.2 Å². The first-order valence-electron chi connectivity index (χ1n) is 14.3. The van der Waals surface area contributed by atoms with Crippen LogP contribution in [0.2, 0.25) is 0 Å². The lowest BCUT2D eigenvalue weighted by Gasteiger charge is -2.23. The van der Waals surface area contributed by atoms with Crippen molar-refractivity contribution in [2.75, 3.05) is 27.2 Å². The molecule has 1 atom stereocenters. The third-order valence-electron chi connectivity index (χ3n) is 7.98. The van der Waals surface area contributed by atoms with Gasteiger partial charge in [-0.15, -0.1) is 0 Å². The van der Waals surface area contributed by atoms with Gasteiger partial charge in [-0.1, -0.05) is 24.3 Å². The third kappa shape index (κ3) is 6.70. The van der Waals surface area contributed by atoms with E-state index in [9.17, 15) is 18.3 Å². The van der Waals surface area contributed by atoms with Crippen LogP contribution >= 0.6 is 0 Å². The van der Waals surface area contributed by atoms with Gasteiger partial charge in [0.1, 0.15) is 12.0 Å². The number of amides is 1. The minimum atomic E-state index is -3.84. The Morgan fingerprint density at radius 2 is 1.79 bits per heavy atom. The number of ether oxygens (including phenoxy) is 1. The highest BCUT2D eigenvalue weighted by Crippen LogP contribution is 2.36. The van der Waals surface area contributed by atoms with Crippen LogP contribution in [0.25, 0.3) is 0 Å². The number of aliphatic hydroxyl groups is 1. The molecule has 0 bridgehead atoms. The van der Waals surface area contributed by atoms with Crippen molar-refractivity contribution < 1.29 is 27.5 Å². The van der Waals surface area contributed by atoms with E-state index in [0.29, 0.717) is 30.0 Å². The molecular weight excluding hydrogens is 556 g/mol. The average Bonchev–Trinajstić information content (AvgIpc) is 3.55. The maximum atomic E-state index is 13.8. The molecule has 5 rings (SSSR count). The van der Waals surface area contributed by atoms with Crippen LogP contribution < -0.4 is 4.74 Å². The molecular formula is C31H40N4O6S. The molecule has 1 aliphatic heterocycles. The zero-order chi connectivity index (χ0) is 30.2. The van der Waals surface area contributed by atoms with Gasteiger partial charge >= 0.3 is 0 Å². The summed E-state index contributed by atoms with van der Waals surface area (Å²) >= 11 is 0. The van der Waals surface area contributed by atoms with Crippen molar-refractivity contribution in [2.45, 2.75) is 76.2 Å². The molecule has 3 aromatic rings. The summed E-state index contributed by atoms with van der Waals surface area (Å²) in [5.74, 6) is 0.474. The number of rotatable bonds is 11. The highest BCUT2D eigenvalue weighted by Gasteiger charge is 2.40. The summed E-state index contributed by atoms with van der Waals surface area (Å²) in [5, 5.41) is 10.2. The summed E-state index contributed by atoms with van der Waals surface area (Å²) in [6.07, 6.45) is 3.60. The Labute approximate surface area is 247 Å². The normalized spacial score (nSPS) is 19.4. The molecule has 1 amide bonds. The van der Waals surface area contributed by atoms with Crippen LogP contribution in [0.15, 0.2) is 52.0 Å². The van der Waals surface area contributed by atoms with Gasteiger partial charge in [-0.05, 0) is 74.4 Å². The number of benzene rings is 2. The van der Waals surface area contributed by atoms with E-state index in [2.05, 4.69) is 9.88 Å². The van der Waals surface area contributed by atoms with Gasteiger partial charge in [0, 0.05) is 39.3 Å². The Morgan fingerprint density at radius 1 is 1.14 bits per heavy atom. The quantitative estimate of drug-likeness (QED) is 0.355. The van der Waals surface area contributed by atoms with E-state index < -0.39 is 15.6 Å². The molecule has 2 heterocycles. The number of oxazole rings is 1. The zero-order valence-electron chi connectivity index (χ0n) is 25.0. The first-order chi connectivity index (χ1) is 19.9. The maximum Gasteiger partial charge on any atom is 0.275 e. The molecule has 2 aromatic carbocycles. The number of carbonyl (C=O) groups is 1. The number of aryl methyl sites for hydroxylation is 2. The Morgan fingerprint density at radius 3 is 2.36 bits per heavy atom. The lowest BCUT2D eigenvalue weighted by atomic mass is 10.1. The van der Waals surface area contributed by atoms with E-state index in [4.69, 9.17) is 9.15 Å². The third-order valence-corrected chi connectivity index (χ3v) is 10.2. The predicted molar refractivity (Wildman–Crippen MR) is 157 cm³/mol. The van der Waals surface area contributed by atoms with E-state index in [0.717, 1.165) is 43.5 Å². The highest BCUT2D eigenvalue weighted by atomic mass is 32.2. The van der Waals surface area contributed by atoms with E-state index in [1.165, 1.54) is 10.6 Å². The number of aromatic nitrogens is 1. The van der Waals surface area contributed by atoms with E-state index >= 15 is 0 Å². The number of likely N-dealkylation sites (tertiary alicyclic amines) is 1. The number of carbonyl (C=O) groups excluding carboxylic acids is 1. The van der Waals surface area contributed by atoms with Gasteiger partial charge in [-0.25, -0.2) is 13.4 Å². The minimum absolute atomic E-state index is 0.0528. The van der Waals surface area contributed by atoms with Crippen molar-refractivity contribution in [3.05, 3.63) is 76.5 Å². The van der Waals surface area contributed by atoms with E-state index in [1.54, 1.807) is 45.0 Å². The minimum Gasteiger partial charge on any atom is -0.497 e. The van der Waals surface area contributed by atoms with Crippen molar-refractivity contribution in [3.63, 3.8) is 0 Å². The number of nitrogens with zero attached hydrogens (tertiary/aromatic N) is 4. The molecule has 1 aliphatic carbocycles. The molecule has 1 saturated carbocycles. The molecule has 1 saturated heterocycles. The number of β-amino-alcohol motifs (C(OH)–C–C–N with tert-alkyl or cyclic N) is 1. The van der Waals surface area contributed by atoms with Crippen LogP contribution in [0.4, 0.5) is 0 Å². The number of hydrogen-bond donors (Lipinski definition) is 1. The van der Waals surface area contributed by atoms with Gasteiger partial charge in [-0.3, -0.25) is 9.69 Å². The van der Waals surface area contributed by atoms with Crippen LogP contribution in [0.5, 0.6) is 5.75 Å². The van der Waals surface area contributed by atoms with Gasteiger partial charge in [0.2, 0.25) is 15.9 Å². The molecule has 2 aliphatic rings. The predicted octanol–water partition coefficient (Wildman–Crippen LogP) is 3.88. The molecule has 1 N–H and O–H groups in total. The molecule has 1 aromatic heterocycles. The van der Waals surface area contributed by atoms with E-state index in [-0.39, 0.29) is 35.0 Å². The Balaban J connectivity index is 1.23. The lowest BCUT2D eigenvalue weighted by molar-refractivity contribution is 0.0678. The van der Waals surface area contributed by atoms with Crippen molar-refractivity contribution in [1.29, 1.82) is 0 Å². The van der Waals surface area contributed by atoms with Crippen LogP contribution in [-0.4, -0.2) is 77.4 Å².